The van der Waals surface area contributed by atoms with Crippen LogP contribution in [0, 0.1) is 0 Å². The summed E-state index contributed by atoms with van der Waals surface area (Å²) < 4.78 is 31.9. The van der Waals surface area contributed by atoms with Crippen LogP contribution in [0.4, 0.5) is 5.69 Å². The molecule has 0 spiro atoms. The molecule has 0 aliphatic carbocycles. The second-order valence-corrected chi connectivity index (χ2v) is 7.54. The van der Waals surface area contributed by atoms with Crippen LogP contribution in [0.3, 0.4) is 0 Å². The molecule has 0 aromatic heterocycles. The number of nitrogens with zero attached hydrogens (tertiary/aromatic N) is 1. The summed E-state index contributed by atoms with van der Waals surface area (Å²) in [6, 6.07) is 13.6. The van der Waals surface area contributed by atoms with Crippen LogP contribution >= 0.6 is 11.6 Å². The quantitative estimate of drug-likeness (QED) is 0.360. The molecular weight excluding hydrogens is 376 g/mol. The molecule has 0 saturated heterocycles. The summed E-state index contributed by atoms with van der Waals surface area (Å²) in [5, 5.41) is 3.34. The van der Waals surface area contributed by atoms with Gasteiger partial charge in [0.15, 0.2) is 5.96 Å². The molecule has 0 aliphatic heterocycles. The summed E-state index contributed by atoms with van der Waals surface area (Å²) in [4.78, 5) is 4.23. The van der Waals surface area contributed by atoms with Gasteiger partial charge < -0.3 is 15.8 Å². The van der Waals surface area contributed by atoms with E-state index in [0.29, 0.717) is 11.6 Å². The SMILES string of the molecule is COCc1ccccc1NC(N)=NCCNS(=O)(=O)c1cccc(Cl)c1. The van der Waals surface area contributed by atoms with E-state index in [1.165, 1.54) is 12.1 Å². The number of para-hydroxylation sites is 1. The second-order valence-electron chi connectivity index (χ2n) is 5.34. The number of ether oxygens (including phenoxy) is 1. The smallest absolute Gasteiger partial charge is 0.240 e. The van der Waals surface area contributed by atoms with Crippen molar-refractivity contribution < 1.29 is 13.2 Å². The maximum absolute atomic E-state index is 12.2. The van der Waals surface area contributed by atoms with Crippen molar-refractivity contribution in [1.29, 1.82) is 0 Å². The first-order chi connectivity index (χ1) is 12.4. The van der Waals surface area contributed by atoms with Gasteiger partial charge in [-0.1, -0.05) is 35.9 Å². The molecular formula is C17H21ClN4O3S. The van der Waals surface area contributed by atoms with Gasteiger partial charge in [0.25, 0.3) is 0 Å². The van der Waals surface area contributed by atoms with Crippen molar-refractivity contribution in [3.63, 3.8) is 0 Å². The number of sulfonamides is 1. The Morgan fingerprint density at radius 3 is 2.73 bits per heavy atom. The second kappa shape index (κ2) is 9.54. The van der Waals surface area contributed by atoms with Gasteiger partial charge in [-0.05, 0) is 24.3 Å². The predicted octanol–water partition coefficient (Wildman–Crippen LogP) is 2.19. The number of nitrogens with one attached hydrogen (secondary N) is 2. The topological polar surface area (TPSA) is 106 Å². The van der Waals surface area contributed by atoms with Crippen molar-refractivity contribution in [3.8, 4) is 0 Å². The Bertz CT molecular complexity index is 872. The predicted molar refractivity (Wildman–Crippen MR) is 104 cm³/mol. The van der Waals surface area contributed by atoms with Crippen molar-refractivity contribution >= 4 is 33.3 Å². The average molecular weight is 397 g/mol. The first-order valence-corrected chi connectivity index (χ1v) is 9.67. The van der Waals surface area contributed by atoms with Crippen LogP contribution in [-0.4, -0.2) is 34.6 Å². The minimum atomic E-state index is -3.64. The van der Waals surface area contributed by atoms with Gasteiger partial charge in [-0.15, -0.1) is 0 Å². The van der Waals surface area contributed by atoms with Crippen LogP contribution in [0.25, 0.3) is 0 Å². The number of aliphatic imine (C=N–C) groups is 1. The Kier molecular flexibility index (Phi) is 7.40. The van der Waals surface area contributed by atoms with Crippen molar-refractivity contribution in [3.05, 3.63) is 59.1 Å². The number of hydrogen-bond acceptors (Lipinski definition) is 4. The van der Waals surface area contributed by atoms with Gasteiger partial charge in [-0.3, -0.25) is 4.99 Å². The number of guanidine groups is 1. The average Bonchev–Trinajstić information content (AvgIpc) is 2.61. The van der Waals surface area contributed by atoms with Gasteiger partial charge in [-0.25, -0.2) is 13.1 Å². The Hall–Kier alpha value is -2.13. The Morgan fingerprint density at radius 1 is 1.23 bits per heavy atom. The number of benzene rings is 2. The van der Waals surface area contributed by atoms with Gasteiger partial charge in [0, 0.05) is 29.9 Å². The summed E-state index contributed by atoms with van der Waals surface area (Å²) in [7, 11) is -2.02. The zero-order valence-corrected chi connectivity index (χ0v) is 15.8. The highest BCUT2D eigenvalue weighted by Crippen LogP contribution is 2.16. The number of anilines is 1. The van der Waals surface area contributed by atoms with Gasteiger partial charge in [0.2, 0.25) is 10.0 Å². The monoisotopic (exact) mass is 396 g/mol. The fourth-order valence-corrected chi connectivity index (χ4v) is 3.50. The molecule has 0 atom stereocenters. The van der Waals surface area contributed by atoms with Crippen LogP contribution in [0.5, 0.6) is 0 Å². The molecule has 0 unspecified atom stereocenters. The van der Waals surface area contributed by atoms with Crippen molar-refractivity contribution in [2.75, 3.05) is 25.5 Å². The number of methoxy groups -OCH3 is 1. The zero-order chi connectivity index (χ0) is 19.0. The van der Waals surface area contributed by atoms with E-state index in [2.05, 4.69) is 15.0 Å². The van der Waals surface area contributed by atoms with Gasteiger partial charge in [0.1, 0.15) is 0 Å². The largest absolute Gasteiger partial charge is 0.380 e. The third kappa shape index (κ3) is 5.99. The summed E-state index contributed by atoms with van der Waals surface area (Å²) in [5.74, 6) is 0.190. The highest BCUT2D eigenvalue weighted by atomic mass is 35.5. The van der Waals surface area contributed by atoms with Crippen LogP contribution in [0.2, 0.25) is 5.02 Å². The highest BCUT2D eigenvalue weighted by molar-refractivity contribution is 7.89. The summed E-state index contributed by atoms with van der Waals surface area (Å²) >= 11 is 5.82. The Labute approximate surface area is 158 Å². The van der Waals surface area contributed by atoms with Crippen molar-refractivity contribution in [2.24, 2.45) is 10.7 Å². The molecule has 2 aromatic rings. The van der Waals surface area contributed by atoms with Crippen LogP contribution in [-0.2, 0) is 21.4 Å². The number of rotatable bonds is 8. The molecule has 4 N–H and O–H groups in total. The van der Waals surface area contributed by atoms with Gasteiger partial charge in [-0.2, -0.15) is 0 Å². The van der Waals surface area contributed by atoms with E-state index in [0.717, 1.165) is 11.3 Å². The third-order valence-electron chi connectivity index (χ3n) is 3.37. The molecule has 9 heteroatoms. The summed E-state index contributed by atoms with van der Waals surface area (Å²) in [5.41, 5.74) is 7.58. The van der Waals surface area contributed by atoms with E-state index in [9.17, 15) is 8.42 Å². The van der Waals surface area contributed by atoms with Crippen LogP contribution < -0.4 is 15.8 Å². The minimum absolute atomic E-state index is 0.105. The maximum Gasteiger partial charge on any atom is 0.240 e. The Balaban J connectivity index is 1.90. The first kappa shape index (κ1) is 20.2. The number of halogens is 1. The molecule has 0 amide bonds. The third-order valence-corrected chi connectivity index (χ3v) is 5.07. The van der Waals surface area contributed by atoms with Crippen molar-refractivity contribution in [2.45, 2.75) is 11.5 Å². The molecule has 0 bridgehead atoms. The highest BCUT2D eigenvalue weighted by Gasteiger charge is 2.13. The first-order valence-electron chi connectivity index (χ1n) is 7.81. The van der Waals surface area contributed by atoms with E-state index in [1.807, 2.05) is 24.3 Å². The van der Waals surface area contributed by atoms with E-state index < -0.39 is 10.0 Å². The van der Waals surface area contributed by atoms with Crippen LogP contribution in [0.15, 0.2) is 58.4 Å². The lowest BCUT2D eigenvalue weighted by atomic mass is 10.2. The zero-order valence-electron chi connectivity index (χ0n) is 14.3. The minimum Gasteiger partial charge on any atom is -0.380 e. The molecule has 2 rings (SSSR count). The molecule has 0 fully saturated rings. The van der Waals surface area contributed by atoms with Crippen LogP contribution in [0.1, 0.15) is 5.56 Å². The van der Waals surface area contributed by atoms with Crippen molar-refractivity contribution in [1.82, 2.24) is 4.72 Å². The van der Waals surface area contributed by atoms with E-state index >= 15 is 0 Å². The Morgan fingerprint density at radius 2 is 2.00 bits per heavy atom. The number of nitrogens with two attached hydrogens (primary N) is 1. The maximum atomic E-state index is 12.2. The molecule has 0 heterocycles. The fraction of sp³-hybridized carbons (Fsp3) is 0.235. The standard InChI is InChI=1S/C17H21ClN4O3S/c1-25-12-13-5-2-3-8-16(13)22-17(19)20-9-10-21-26(23,24)15-7-4-6-14(18)11-15/h2-8,11,21H,9-10,12H2,1H3,(H3,19,20,22). The number of hydrogen-bond donors (Lipinski definition) is 3. The lowest BCUT2D eigenvalue weighted by Crippen LogP contribution is -2.28. The molecule has 0 aliphatic rings. The van der Waals surface area contributed by atoms with Gasteiger partial charge in [0.05, 0.1) is 18.0 Å². The molecule has 2 aromatic carbocycles. The molecule has 7 nitrogen and oxygen atoms in total. The van der Waals surface area contributed by atoms with E-state index in [1.54, 1.807) is 19.2 Å². The van der Waals surface area contributed by atoms with E-state index in [-0.39, 0.29) is 23.9 Å². The fourth-order valence-electron chi connectivity index (χ4n) is 2.17. The van der Waals surface area contributed by atoms with Gasteiger partial charge >= 0.3 is 0 Å². The normalized spacial score (nSPS) is 12.2. The molecule has 0 radical (unpaired) electrons. The molecule has 140 valence electrons. The lowest BCUT2D eigenvalue weighted by molar-refractivity contribution is 0.185. The molecule has 26 heavy (non-hydrogen) atoms. The molecule has 0 saturated carbocycles. The lowest BCUT2D eigenvalue weighted by Gasteiger charge is -2.11. The summed E-state index contributed by atoms with van der Waals surface area (Å²) in [6.07, 6.45) is 0. The van der Waals surface area contributed by atoms with E-state index in [4.69, 9.17) is 22.1 Å². The summed E-state index contributed by atoms with van der Waals surface area (Å²) in [6.45, 7) is 0.734.